The number of hydrogen-bond acceptors (Lipinski definition) is 3. The van der Waals surface area contributed by atoms with E-state index < -0.39 is 0 Å². The third-order valence-electron chi connectivity index (χ3n) is 11.0. The van der Waals surface area contributed by atoms with Gasteiger partial charge in [0, 0.05) is 50.7 Å². The molecule has 3 aromatic heterocycles. The predicted octanol–water partition coefficient (Wildman–Crippen LogP) is 14.5. The molecule has 0 saturated carbocycles. The number of furan rings is 1. The largest absolute Gasteiger partial charge is 0.454 e. The summed E-state index contributed by atoms with van der Waals surface area (Å²) in [4.78, 5) is 7.01. The molecule has 0 spiro atoms. The van der Waals surface area contributed by atoms with Crippen molar-refractivity contribution >= 4 is 60.9 Å². The maximum Gasteiger partial charge on any atom is 0.161 e. The van der Waals surface area contributed by atoms with E-state index in [1.807, 2.05) is 30.5 Å². The molecule has 11 rings (SSSR count). The first kappa shape index (κ1) is 32.7. The molecule has 0 aliphatic rings. The highest BCUT2D eigenvalue weighted by molar-refractivity contribution is 6.09. The fraction of sp³-hybridized carbons (Fsp3) is 0. The first-order valence-corrected chi connectivity index (χ1v) is 19.3. The molecule has 0 atom stereocenters. The Morgan fingerprint density at radius 1 is 0.404 bits per heavy atom. The van der Waals surface area contributed by atoms with Crippen molar-refractivity contribution in [2.75, 3.05) is 4.90 Å². The van der Waals surface area contributed by atoms with E-state index in [0.717, 1.165) is 72.6 Å². The second-order valence-corrected chi connectivity index (χ2v) is 14.4. The minimum Gasteiger partial charge on any atom is -0.454 e. The molecular formula is C53H35N3O. The van der Waals surface area contributed by atoms with E-state index in [1.165, 1.54) is 27.4 Å². The lowest BCUT2D eigenvalue weighted by molar-refractivity contribution is 0.669. The Labute approximate surface area is 330 Å². The average molecular weight is 730 g/mol. The molecule has 0 radical (unpaired) electrons. The van der Waals surface area contributed by atoms with E-state index in [1.54, 1.807) is 0 Å². The van der Waals surface area contributed by atoms with Crippen LogP contribution in [0.3, 0.4) is 0 Å². The van der Waals surface area contributed by atoms with E-state index in [9.17, 15) is 0 Å². The summed E-state index contributed by atoms with van der Waals surface area (Å²) in [5.74, 6) is 0. The molecule has 4 nitrogen and oxygen atoms in total. The zero-order valence-electron chi connectivity index (χ0n) is 31.0. The summed E-state index contributed by atoms with van der Waals surface area (Å²) < 4.78 is 8.72. The van der Waals surface area contributed by atoms with Crippen molar-refractivity contribution in [3.8, 4) is 39.1 Å². The van der Waals surface area contributed by atoms with Crippen molar-refractivity contribution in [2.45, 2.75) is 0 Å². The van der Waals surface area contributed by atoms with E-state index in [4.69, 9.17) is 4.42 Å². The first-order chi connectivity index (χ1) is 28.3. The Bertz CT molecular complexity index is 3180. The predicted molar refractivity (Wildman–Crippen MR) is 237 cm³/mol. The number of fused-ring (bicyclic) bond motifs is 6. The van der Waals surface area contributed by atoms with E-state index in [-0.39, 0.29) is 0 Å². The summed E-state index contributed by atoms with van der Waals surface area (Å²) in [5, 5.41) is 3.55. The zero-order valence-corrected chi connectivity index (χ0v) is 31.0. The minimum atomic E-state index is 0.802. The van der Waals surface area contributed by atoms with Crippen LogP contribution in [-0.4, -0.2) is 9.55 Å². The van der Waals surface area contributed by atoms with Crippen LogP contribution in [0.1, 0.15) is 0 Å². The van der Waals surface area contributed by atoms with Crippen molar-refractivity contribution in [1.29, 1.82) is 0 Å². The molecular weight excluding hydrogens is 695 g/mol. The smallest absolute Gasteiger partial charge is 0.161 e. The van der Waals surface area contributed by atoms with Gasteiger partial charge >= 0.3 is 0 Å². The first-order valence-electron chi connectivity index (χ1n) is 19.3. The van der Waals surface area contributed by atoms with Crippen LogP contribution < -0.4 is 4.90 Å². The van der Waals surface area contributed by atoms with Crippen LogP contribution in [0.15, 0.2) is 217 Å². The Hall–Kier alpha value is -7.69. The van der Waals surface area contributed by atoms with Gasteiger partial charge in [0.25, 0.3) is 0 Å². The van der Waals surface area contributed by atoms with Gasteiger partial charge in [-0.25, -0.2) is 0 Å². The van der Waals surface area contributed by atoms with Crippen LogP contribution in [0.5, 0.6) is 0 Å². The lowest BCUT2D eigenvalue weighted by Crippen LogP contribution is -2.10. The quantitative estimate of drug-likeness (QED) is 0.164. The van der Waals surface area contributed by atoms with Gasteiger partial charge in [-0.1, -0.05) is 127 Å². The summed E-state index contributed by atoms with van der Waals surface area (Å²) in [5.41, 5.74) is 16.0. The number of para-hydroxylation sites is 3. The van der Waals surface area contributed by atoms with Crippen molar-refractivity contribution in [3.63, 3.8) is 0 Å². The van der Waals surface area contributed by atoms with E-state index in [2.05, 4.69) is 196 Å². The second-order valence-electron chi connectivity index (χ2n) is 14.4. The molecule has 0 saturated heterocycles. The van der Waals surface area contributed by atoms with Crippen molar-refractivity contribution in [2.24, 2.45) is 0 Å². The number of nitrogens with zero attached hydrogens (tertiary/aromatic N) is 3. The van der Waals surface area contributed by atoms with E-state index >= 15 is 0 Å². The fourth-order valence-corrected chi connectivity index (χ4v) is 8.35. The van der Waals surface area contributed by atoms with Gasteiger partial charge in [0.05, 0.1) is 11.0 Å². The van der Waals surface area contributed by atoms with Gasteiger partial charge in [-0.2, -0.15) is 0 Å². The average Bonchev–Trinajstić information content (AvgIpc) is 3.84. The topological polar surface area (TPSA) is 34.2 Å². The van der Waals surface area contributed by atoms with Crippen molar-refractivity contribution in [1.82, 2.24) is 9.55 Å². The third kappa shape index (κ3) is 5.66. The van der Waals surface area contributed by atoms with Gasteiger partial charge in [-0.15, -0.1) is 0 Å². The molecule has 3 heterocycles. The normalized spacial score (nSPS) is 11.5. The summed E-state index contributed by atoms with van der Waals surface area (Å²) in [7, 11) is 0. The zero-order chi connectivity index (χ0) is 37.7. The lowest BCUT2D eigenvalue weighted by atomic mass is 10.0. The molecule has 0 fully saturated rings. The second kappa shape index (κ2) is 13.6. The van der Waals surface area contributed by atoms with Crippen molar-refractivity contribution < 1.29 is 4.42 Å². The molecule has 0 bridgehead atoms. The molecule has 0 N–H and O–H groups in total. The molecule has 0 aliphatic carbocycles. The van der Waals surface area contributed by atoms with Crippen LogP contribution in [0.2, 0.25) is 0 Å². The molecule has 0 aliphatic heterocycles. The Morgan fingerprint density at radius 3 is 1.68 bits per heavy atom. The van der Waals surface area contributed by atoms with Crippen LogP contribution in [-0.2, 0) is 0 Å². The highest BCUT2D eigenvalue weighted by Gasteiger charge is 2.17. The summed E-state index contributed by atoms with van der Waals surface area (Å²) in [6, 6.07) is 73.3. The highest BCUT2D eigenvalue weighted by atomic mass is 16.3. The number of pyridine rings is 1. The van der Waals surface area contributed by atoms with Gasteiger partial charge in [-0.05, 0) is 107 Å². The Morgan fingerprint density at radius 2 is 0.965 bits per heavy atom. The summed E-state index contributed by atoms with van der Waals surface area (Å²) in [6.45, 7) is 0. The minimum absolute atomic E-state index is 0.802. The number of benzene rings is 8. The van der Waals surface area contributed by atoms with Gasteiger partial charge in [-0.3, -0.25) is 4.98 Å². The van der Waals surface area contributed by atoms with Gasteiger partial charge in [0.15, 0.2) is 5.58 Å². The van der Waals surface area contributed by atoms with Gasteiger partial charge in [0.1, 0.15) is 11.1 Å². The Balaban J connectivity index is 0.989. The molecule has 8 aromatic carbocycles. The maximum atomic E-state index is 6.35. The van der Waals surface area contributed by atoms with Crippen LogP contribution in [0.4, 0.5) is 17.1 Å². The monoisotopic (exact) mass is 729 g/mol. The summed E-state index contributed by atoms with van der Waals surface area (Å²) >= 11 is 0. The standard InChI is InChI=1S/C53H35N3O/c1-2-12-36(13-3-1)39-14-10-16-43(34-39)55(42-30-26-38(27-31-42)45-32-33-54-52-48-20-6-9-23-51(48)57-53(45)52)41-28-24-37(25-29-41)40-15-11-17-44(35-40)56-49-21-7-4-18-46(49)47-19-5-8-22-50(47)56/h1-35H. The third-order valence-corrected chi connectivity index (χ3v) is 11.0. The number of aromatic nitrogens is 2. The van der Waals surface area contributed by atoms with Crippen molar-refractivity contribution in [3.05, 3.63) is 212 Å². The lowest BCUT2D eigenvalue weighted by Gasteiger charge is -2.26. The van der Waals surface area contributed by atoms with Crippen LogP contribution in [0, 0.1) is 0 Å². The highest BCUT2D eigenvalue weighted by Crippen LogP contribution is 2.40. The number of anilines is 3. The SMILES string of the molecule is c1ccc(-c2cccc(N(c3ccc(-c4cccc(-n5c6ccccc6c6ccccc65)c4)cc3)c3ccc(-c4ccnc5c4oc4ccccc45)cc3)c2)cc1. The Kier molecular flexibility index (Phi) is 7.78. The molecule has 57 heavy (non-hydrogen) atoms. The molecule has 11 aromatic rings. The fourth-order valence-electron chi connectivity index (χ4n) is 8.35. The van der Waals surface area contributed by atoms with E-state index in [0.29, 0.717) is 0 Å². The summed E-state index contributed by atoms with van der Waals surface area (Å²) in [6.07, 6.45) is 1.87. The van der Waals surface area contributed by atoms with Crippen LogP contribution >= 0.6 is 0 Å². The maximum absolute atomic E-state index is 6.35. The number of rotatable bonds is 7. The molecule has 268 valence electrons. The van der Waals surface area contributed by atoms with Crippen LogP contribution in [0.25, 0.3) is 82.9 Å². The molecule has 0 amide bonds. The van der Waals surface area contributed by atoms with Gasteiger partial charge < -0.3 is 13.9 Å². The molecule has 4 heteroatoms. The molecule has 0 unspecified atom stereocenters. The number of hydrogen-bond donors (Lipinski definition) is 0. The van der Waals surface area contributed by atoms with Gasteiger partial charge in [0.2, 0.25) is 0 Å².